The van der Waals surface area contributed by atoms with Gasteiger partial charge in [0.15, 0.2) is 6.04 Å². The Morgan fingerprint density at radius 2 is 2.11 bits per heavy atom. The topological polar surface area (TPSA) is 86.6 Å². The van der Waals surface area contributed by atoms with Gasteiger partial charge in [-0.25, -0.2) is 4.79 Å². The van der Waals surface area contributed by atoms with Gasteiger partial charge in [-0.1, -0.05) is 0 Å². The summed E-state index contributed by atoms with van der Waals surface area (Å²) in [5.74, 6) is -1.73. The number of rotatable bonds is 4. The Bertz CT molecular complexity index is 558. The van der Waals surface area contributed by atoms with Gasteiger partial charge in [-0.05, 0) is 24.4 Å². The van der Waals surface area contributed by atoms with Gasteiger partial charge in [-0.2, -0.15) is 0 Å². The Kier molecular flexibility index (Phi) is 3.65. The maximum absolute atomic E-state index is 11.9. The van der Waals surface area contributed by atoms with Crippen LogP contribution in [0.1, 0.15) is 16.6 Å². The lowest BCUT2D eigenvalue weighted by molar-refractivity contribution is -0.141. The Morgan fingerprint density at radius 3 is 2.67 bits per heavy atom. The average Bonchev–Trinajstić information content (AvgIpc) is 2.84. The van der Waals surface area contributed by atoms with Crippen LogP contribution in [-0.2, 0) is 4.79 Å². The van der Waals surface area contributed by atoms with Gasteiger partial charge in [0.1, 0.15) is 0 Å². The van der Waals surface area contributed by atoms with Gasteiger partial charge in [-0.3, -0.25) is 4.79 Å². The Morgan fingerprint density at radius 1 is 1.39 bits per heavy atom. The molecule has 3 N–H and O–H groups in total. The fourth-order valence-corrected chi connectivity index (χ4v) is 3.49. The first kappa shape index (κ1) is 13.0. The van der Waals surface area contributed by atoms with Gasteiger partial charge in [-0.15, -0.1) is 22.7 Å². The lowest BCUT2D eigenvalue weighted by atomic mass is 10.2. The van der Waals surface area contributed by atoms with Crippen LogP contribution in [0.25, 0.3) is 9.40 Å². The number of carboxylic acid groups (broad SMARTS) is 1. The van der Waals surface area contributed by atoms with Crippen LogP contribution in [0.2, 0.25) is 0 Å². The molecule has 5 nitrogen and oxygen atoms in total. The molecule has 0 aliphatic rings. The first-order valence-corrected chi connectivity index (χ1v) is 6.87. The molecular formula is C11H11NO4S2. The third kappa shape index (κ3) is 2.53. The number of nitrogens with one attached hydrogen (secondary N) is 1. The standard InChI is InChI=1S/C11H11NO4S2/c1-5(13)9(11(15)16)12-10(14)8-4-7-6(18-8)2-3-17-7/h2-5,9,13H,1H3,(H,12,14)(H,15,16). The van der Waals surface area contributed by atoms with Gasteiger partial charge < -0.3 is 15.5 Å². The number of carboxylic acids is 1. The first-order chi connectivity index (χ1) is 8.49. The molecule has 2 aromatic heterocycles. The summed E-state index contributed by atoms with van der Waals surface area (Å²) >= 11 is 2.82. The number of amides is 1. The lowest BCUT2D eigenvalue weighted by Crippen LogP contribution is -2.47. The molecule has 2 heterocycles. The largest absolute Gasteiger partial charge is 0.480 e. The Labute approximate surface area is 111 Å². The molecule has 0 radical (unpaired) electrons. The van der Waals surface area contributed by atoms with Gasteiger partial charge in [0.2, 0.25) is 0 Å². The van der Waals surface area contributed by atoms with Crippen LogP contribution in [0.5, 0.6) is 0 Å². The summed E-state index contributed by atoms with van der Waals surface area (Å²) in [6, 6.07) is 2.34. The van der Waals surface area contributed by atoms with Gasteiger partial charge >= 0.3 is 5.97 Å². The minimum atomic E-state index is -1.29. The first-order valence-electron chi connectivity index (χ1n) is 5.18. The minimum absolute atomic E-state index is 0.448. The van der Waals surface area contributed by atoms with E-state index < -0.39 is 24.0 Å². The van der Waals surface area contributed by atoms with E-state index >= 15 is 0 Å². The highest BCUT2D eigenvalue weighted by atomic mass is 32.1. The summed E-state index contributed by atoms with van der Waals surface area (Å²) in [6.07, 6.45) is -1.15. The highest BCUT2D eigenvalue weighted by Gasteiger charge is 2.26. The highest BCUT2D eigenvalue weighted by molar-refractivity contribution is 7.27. The van der Waals surface area contributed by atoms with E-state index in [9.17, 15) is 14.7 Å². The van der Waals surface area contributed by atoms with Crippen molar-refractivity contribution >= 4 is 43.9 Å². The molecule has 2 rings (SSSR count). The van der Waals surface area contributed by atoms with Crippen LogP contribution in [0.4, 0.5) is 0 Å². The number of aliphatic hydroxyl groups is 1. The van der Waals surface area contributed by atoms with E-state index in [0.717, 1.165) is 9.40 Å². The van der Waals surface area contributed by atoms with E-state index in [0.29, 0.717) is 4.88 Å². The molecule has 0 aliphatic carbocycles. The molecule has 2 atom stereocenters. The fourth-order valence-electron chi connectivity index (χ4n) is 1.48. The quantitative estimate of drug-likeness (QED) is 0.795. The molecule has 2 aromatic rings. The smallest absolute Gasteiger partial charge is 0.328 e. The van der Waals surface area contributed by atoms with Crippen molar-refractivity contribution in [1.29, 1.82) is 0 Å². The van der Waals surface area contributed by atoms with Crippen molar-refractivity contribution in [1.82, 2.24) is 5.32 Å². The Hall–Kier alpha value is -1.44. The van der Waals surface area contributed by atoms with Crippen molar-refractivity contribution in [2.45, 2.75) is 19.1 Å². The molecule has 0 saturated carbocycles. The summed E-state index contributed by atoms with van der Waals surface area (Å²) < 4.78 is 1.99. The number of hydrogen-bond acceptors (Lipinski definition) is 5. The van der Waals surface area contributed by atoms with Crippen molar-refractivity contribution in [3.63, 3.8) is 0 Å². The van der Waals surface area contributed by atoms with Crippen LogP contribution in [0, 0.1) is 0 Å². The second-order valence-corrected chi connectivity index (χ2v) is 5.82. The molecule has 7 heteroatoms. The molecular weight excluding hydrogens is 274 g/mol. The van der Waals surface area contributed by atoms with Crippen molar-refractivity contribution in [3.8, 4) is 0 Å². The molecule has 96 valence electrons. The maximum Gasteiger partial charge on any atom is 0.328 e. The van der Waals surface area contributed by atoms with Crippen LogP contribution in [-0.4, -0.2) is 34.2 Å². The van der Waals surface area contributed by atoms with E-state index in [1.807, 2.05) is 11.4 Å². The number of carbonyl (C=O) groups is 2. The molecule has 0 aliphatic heterocycles. The maximum atomic E-state index is 11.9. The van der Waals surface area contributed by atoms with Crippen LogP contribution in [0.15, 0.2) is 17.5 Å². The zero-order valence-electron chi connectivity index (χ0n) is 9.41. The van der Waals surface area contributed by atoms with Crippen LogP contribution in [0.3, 0.4) is 0 Å². The van der Waals surface area contributed by atoms with E-state index in [4.69, 9.17) is 5.11 Å². The molecule has 18 heavy (non-hydrogen) atoms. The average molecular weight is 285 g/mol. The Balaban J connectivity index is 2.16. The molecule has 1 amide bonds. The summed E-state index contributed by atoms with van der Waals surface area (Å²) in [7, 11) is 0. The number of aliphatic hydroxyl groups excluding tert-OH is 1. The predicted octanol–water partition coefficient (Wildman–Crippen LogP) is 1.53. The molecule has 2 unspecified atom stereocenters. The van der Waals surface area contributed by atoms with Crippen molar-refractivity contribution in [2.24, 2.45) is 0 Å². The molecule has 0 spiro atoms. The monoisotopic (exact) mass is 285 g/mol. The lowest BCUT2D eigenvalue weighted by Gasteiger charge is -2.16. The van der Waals surface area contributed by atoms with Gasteiger partial charge in [0.25, 0.3) is 5.91 Å². The molecule has 0 saturated heterocycles. The molecule has 0 bridgehead atoms. The number of carbonyl (C=O) groups excluding carboxylic acids is 1. The van der Waals surface area contributed by atoms with E-state index in [1.165, 1.54) is 29.6 Å². The van der Waals surface area contributed by atoms with Gasteiger partial charge in [0, 0.05) is 9.40 Å². The van der Waals surface area contributed by atoms with E-state index in [1.54, 1.807) is 6.07 Å². The number of thiophene rings is 2. The second kappa shape index (κ2) is 5.05. The summed E-state index contributed by atoms with van der Waals surface area (Å²) in [5.41, 5.74) is 0. The molecule has 0 fully saturated rings. The number of aliphatic carboxylic acids is 1. The highest BCUT2D eigenvalue weighted by Crippen LogP contribution is 2.29. The second-order valence-electron chi connectivity index (χ2n) is 3.79. The van der Waals surface area contributed by atoms with Crippen molar-refractivity contribution in [3.05, 3.63) is 22.4 Å². The third-order valence-corrected chi connectivity index (χ3v) is 4.49. The van der Waals surface area contributed by atoms with E-state index in [2.05, 4.69) is 5.32 Å². The molecule has 0 aromatic carbocycles. The third-order valence-electron chi connectivity index (χ3n) is 2.40. The number of fused-ring (bicyclic) bond motifs is 1. The zero-order chi connectivity index (χ0) is 13.3. The zero-order valence-corrected chi connectivity index (χ0v) is 11.0. The normalized spacial score (nSPS) is 14.3. The summed E-state index contributed by atoms with van der Waals surface area (Å²) in [6.45, 7) is 1.33. The van der Waals surface area contributed by atoms with Crippen LogP contribution < -0.4 is 5.32 Å². The van der Waals surface area contributed by atoms with Crippen molar-refractivity contribution in [2.75, 3.05) is 0 Å². The summed E-state index contributed by atoms with van der Waals surface area (Å²) in [5, 5.41) is 22.4. The predicted molar refractivity (Wildman–Crippen MR) is 70.3 cm³/mol. The SMILES string of the molecule is CC(O)C(NC(=O)c1cc2sccc2s1)C(=O)O. The van der Waals surface area contributed by atoms with Gasteiger partial charge in [0.05, 0.1) is 11.0 Å². The van der Waals surface area contributed by atoms with Crippen molar-refractivity contribution < 1.29 is 19.8 Å². The summed E-state index contributed by atoms with van der Waals surface area (Å²) in [4.78, 5) is 23.2. The van der Waals surface area contributed by atoms with E-state index in [-0.39, 0.29) is 0 Å². The fraction of sp³-hybridized carbons (Fsp3) is 0.273. The number of hydrogen-bond donors (Lipinski definition) is 3. The van der Waals surface area contributed by atoms with Crippen LogP contribution >= 0.6 is 22.7 Å². The minimum Gasteiger partial charge on any atom is -0.480 e.